The molecule has 2 amide bonds. The van der Waals surface area contributed by atoms with E-state index in [1.54, 1.807) is 6.08 Å². The van der Waals surface area contributed by atoms with Gasteiger partial charge in [0.25, 0.3) is 0 Å². The Bertz CT molecular complexity index is 1110. The first-order valence-corrected chi connectivity index (χ1v) is 12.5. The van der Waals surface area contributed by atoms with Crippen LogP contribution in [0.25, 0.3) is 6.08 Å². The maximum atomic E-state index is 12.6. The summed E-state index contributed by atoms with van der Waals surface area (Å²) in [5, 5.41) is 11.9. The van der Waals surface area contributed by atoms with Crippen molar-refractivity contribution in [2.45, 2.75) is 4.34 Å². The summed E-state index contributed by atoms with van der Waals surface area (Å²) in [5.41, 5.74) is 2.05. The van der Waals surface area contributed by atoms with E-state index in [2.05, 4.69) is 20.4 Å². The van der Waals surface area contributed by atoms with Crippen LogP contribution in [0.5, 0.6) is 0 Å². The minimum atomic E-state index is -0.277. The number of thioether (sulfide) groups is 1. The van der Waals surface area contributed by atoms with Crippen LogP contribution in [0.2, 0.25) is 5.02 Å². The van der Waals surface area contributed by atoms with Crippen molar-refractivity contribution in [3.8, 4) is 0 Å². The van der Waals surface area contributed by atoms with Crippen LogP contribution >= 0.6 is 34.7 Å². The first-order valence-electron chi connectivity index (χ1n) is 10.4. The monoisotopic (exact) mass is 499 g/mol. The summed E-state index contributed by atoms with van der Waals surface area (Å²) in [7, 11) is 0. The smallest absolute Gasteiger partial charge is 0.250 e. The Morgan fingerprint density at radius 3 is 2.48 bits per heavy atom. The van der Waals surface area contributed by atoms with Gasteiger partial charge in [0.2, 0.25) is 16.9 Å². The van der Waals surface area contributed by atoms with E-state index < -0.39 is 0 Å². The van der Waals surface area contributed by atoms with Crippen molar-refractivity contribution in [1.82, 2.24) is 15.1 Å². The molecule has 2 heterocycles. The number of nitrogens with zero attached hydrogens (tertiary/aromatic N) is 4. The van der Waals surface area contributed by atoms with Gasteiger partial charge < -0.3 is 9.80 Å². The molecular weight excluding hydrogens is 478 g/mol. The molecule has 7 nitrogen and oxygen atoms in total. The summed E-state index contributed by atoms with van der Waals surface area (Å²) < 4.78 is 0.644. The standard InChI is InChI=1S/C23H22ClN5O2S2/c24-18-7-9-19(10-8-18)28-12-14-29(15-13-28)21(31)16-32-23-27-26-22(33-23)25-20(30)11-6-17-4-2-1-3-5-17/h1-11H,12-16H2,(H,25,26,30)/b11-6+. The largest absolute Gasteiger partial charge is 0.368 e. The highest BCUT2D eigenvalue weighted by Gasteiger charge is 2.22. The Morgan fingerprint density at radius 2 is 1.76 bits per heavy atom. The summed E-state index contributed by atoms with van der Waals surface area (Å²) in [6, 6.07) is 17.3. The van der Waals surface area contributed by atoms with E-state index >= 15 is 0 Å². The molecule has 4 rings (SSSR count). The molecule has 10 heteroatoms. The van der Waals surface area contributed by atoms with E-state index in [4.69, 9.17) is 11.6 Å². The van der Waals surface area contributed by atoms with Crippen molar-refractivity contribution in [1.29, 1.82) is 0 Å². The number of carbonyl (C=O) groups excluding carboxylic acids is 2. The minimum Gasteiger partial charge on any atom is -0.368 e. The number of benzene rings is 2. The number of piperazine rings is 1. The highest BCUT2D eigenvalue weighted by molar-refractivity contribution is 8.01. The third-order valence-corrected chi connectivity index (χ3v) is 7.22. The van der Waals surface area contributed by atoms with E-state index in [0.717, 1.165) is 24.3 Å². The quantitative estimate of drug-likeness (QED) is 0.297. The third kappa shape index (κ3) is 6.80. The lowest BCUT2D eigenvalue weighted by atomic mass is 10.2. The Morgan fingerprint density at radius 1 is 1.03 bits per heavy atom. The molecular formula is C23H22ClN5O2S2. The molecule has 1 N–H and O–H groups in total. The normalized spacial score (nSPS) is 14.0. The molecule has 3 aromatic rings. The van der Waals surface area contributed by atoms with Crippen LogP contribution in [0, 0.1) is 0 Å². The molecule has 0 spiro atoms. The minimum absolute atomic E-state index is 0.0716. The molecule has 1 saturated heterocycles. The highest BCUT2D eigenvalue weighted by Crippen LogP contribution is 2.26. The first kappa shape index (κ1) is 23.3. The first-order chi connectivity index (χ1) is 16.1. The highest BCUT2D eigenvalue weighted by atomic mass is 35.5. The summed E-state index contributed by atoms with van der Waals surface area (Å²) in [5.74, 6) is 0.0841. The lowest BCUT2D eigenvalue weighted by Gasteiger charge is -2.36. The number of amides is 2. The number of rotatable bonds is 7. The molecule has 170 valence electrons. The van der Waals surface area contributed by atoms with Crippen LogP contribution in [-0.4, -0.2) is 58.8 Å². The van der Waals surface area contributed by atoms with Gasteiger partial charge in [-0.15, -0.1) is 10.2 Å². The zero-order valence-electron chi connectivity index (χ0n) is 17.7. The molecule has 1 aliphatic rings. The van der Waals surface area contributed by atoms with Gasteiger partial charge in [-0.25, -0.2) is 0 Å². The van der Waals surface area contributed by atoms with Crippen LogP contribution in [0.1, 0.15) is 5.56 Å². The van der Waals surface area contributed by atoms with E-state index in [1.165, 1.54) is 29.2 Å². The number of hydrogen-bond acceptors (Lipinski definition) is 7. The molecule has 0 bridgehead atoms. The van der Waals surface area contributed by atoms with Crippen LogP contribution in [0.4, 0.5) is 10.8 Å². The van der Waals surface area contributed by atoms with Gasteiger partial charge >= 0.3 is 0 Å². The molecule has 33 heavy (non-hydrogen) atoms. The average molecular weight is 500 g/mol. The van der Waals surface area contributed by atoms with Gasteiger partial charge in [-0.2, -0.15) is 0 Å². The Labute approximate surface area is 205 Å². The number of halogens is 1. The van der Waals surface area contributed by atoms with Gasteiger partial charge in [-0.3, -0.25) is 14.9 Å². The zero-order chi connectivity index (χ0) is 23.0. The van der Waals surface area contributed by atoms with E-state index in [1.807, 2.05) is 59.5 Å². The maximum Gasteiger partial charge on any atom is 0.250 e. The van der Waals surface area contributed by atoms with Crippen molar-refractivity contribution in [3.05, 3.63) is 71.3 Å². The van der Waals surface area contributed by atoms with Gasteiger partial charge in [0.05, 0.1) is 5.75 Å². The molecule has 0 radical (unpaired) electrons. The SMILES string of the molecule is O=C(/C=C/c1ccccc1)Nc1nnc(SCC(=O)N2CCN(c3ccc(Cl)cc3)CC2)s1. The predicted molar refractivity (Wildman–Crippen MR) is 135 cm³/mol. The molecule has 1 aliphatic heterocycles. The fourth-order valence-electron chi connectivity index (χ4n) is 3.28. The van der Waals surface area contributed by atoms with E-state index in [9.17, 15) is 9.59 Å². The van der Waals surface area contributed by atoms with E-state index in [-0.39, 0.29) is 17.6 Å². The molecule has 1 aromatic heterocycles. The predicted octanol–water partition coefficient (Wildman–Crippen LogP) is 4.28. The van der Waals surface area contributed by atoms with Crippen molar-refractivity contribution in [2.24, 2.45) is 0 Å². The van der Waals surface area contributed by atoms with Crippen LogP contribution in [0.15, 0.2) is 65.0 Å². The van der Waals surface area contributed by atoms with Crippen molar-refractivity contribution >= 4 is 63.4 Å². The number of aromatic nitrogens is 2. The van der Waals surface area contributed by atoms with Crippen LogP contribution in [0.3, 0.4) is 0 Å². The second-order valence-electron chi connectivity index (χ2n) is 7.24. The van der Waals surface area contributed by atoms with Gasteiger partial charge in [0, 0.05) is 43.0 Å². The second kappa shape index (κ2) is 11.3. The molecule has 0 atom stereocenters. The fourth-order valence-corrected chi connectivity index (χ4v) is 5.07. The summed E-state index contributed by atoms with van der Waals surface area (Å²) in [4.78, 5) is 28.8. The molecule has 0 aliphatic carbocycles. The van der Waals surface area contributed by atoms with Crippen LogP contribution in [-0.2, 0) is 9.59 Å². The number of carbonyl (C=O) groups is 2. The van der Waals surface area contributed by atoms with Gasteiger partial charge in [0.15, 0.2) is 4.34 Å². The summed E-state index contributed by atoms with van der Waals surface area (Å²) >= 11 is 8.55. The topological polar surface area (TPSA) is 78.4 Å². The summed E-state index contributed by atoms with van der Waals surface area (Å²) in [6.45, 7) is 2.91. The molecule has 2 aromatic carbocycles. The lowest BCUT2D eigenvalue weighted by molar-refractivity contribution is -0.128. The molecule has 0 unspecified atom stereocenters. The Hall–Kier alpha value is -2.88. The molecule has 1 fully saturated rings. The Balaban J connectivity index is 1.20. The number of anilines is 2. The number of hydrogen-bond donors (Lipinski definition) is 1. The summed E-state index contributed by atoms with van der Waals surface area (Å²) in [6.07, 6.45) is 3.19. The van der Waals surface area contributed by atoms with Crippen molar-refractivity contribution in [2.75, 3.05) is 42.1 Å². The second-order valence-corrected chi connectivity index (χ2v) is 9.88. The zero-order valence-corrected chi connectivity index (χ0v) is 20.1. The number of nitrogens with one attached hydrogen (secondary N) is 1. The van der Waals surface area contributed by atoms with Crippen LogP contribution < -0.4 is 10.2 Å². The Kier molecular flexibility index (Phi) is 7.98. The molecule has 0 saturated carbocycles. The van der Waals surface area contributed by atoms with E-state index in [0.29, 0.717) is 27.6 Å². The third-order valence-electron chi connectivity index (χ3n) is 5.01. The van der Waals surface area contributed by atoms with Crippen molar-refractivity contribution in [3.63, 3.8) is 0 Å². The van der Waals surface area contributed by atoms with Gasteiger partial charge in [-0.1, -0.05) is 65.0 Å². The van der Waals surface area contributed by atoms with Gasteiger partial charge in [0.1, 0.15) is 0 Å². The van der Waals surface area contributed by atoms with Crippen molar-refractivity contribution < 1.29 is 9.59 Å². The lowest BCUT2D eigenvalue weighted by Crippen LogP contribution is -2.49. The maximum absolute atomic E-state index is 12.6. The fraction of sp³-hybridized carbons (Fsp3) is 0.217. The van der Waals surface area contributed by atoms with Gasteiger partial charge in [-0.05, 0) is 35.9 Å². The average Bonchev–Trinajstić information content (AvgIpc) is 3.29.